The van der Waals surface area contributed by atoms with Crippen molar-refractivity contribution in [1.29, 1.82) is 5.26 Å². The third-order valence-electron chi connectivity index (χ3n) is 2.64. The SMILES string of the molecule is N#Cc1c(F)cccc1Sc1nnnn1C1CC1. The zero-order valence-electron chi connectivity index (χ0n) is 9.25. The number of aromatic nitrogens is 4. The molecule has 7 heteroatoms. The van der Waals surface area contributed by atoms with Gasteiger partial charge in [-0.2, -0.15) is 5.26 Å². The van der Waals surface area contributed by atoms with Gasteiger partial charge in [0.2, 0.25) is 5.16 Å². The molecule has 1 aromatic heterocycles. The predicted octanol–water partition coefficient (Wildman–Crippen LogP) is 2.17. The molecule has 0 radical (unpaired) electrons. The fourth-order valence-electron chi connectivity index (χ4n) is 1.60. The Morgan fingerprint density at radius 2 is 2.28 bits per heavy atom. The smallest absolute Gasteiger partial charge is 0.214 e. The van der Waals surface area contributed by atoms with Crippen LogP contribution < -0.4 is 0 Å². The third-order valence-corrected chi connectivity index (χ3v) is 3.66. The molecule has 2 aromatic rings. The first-order valence-corrected chi connectivity index (χ1v) is 6.25. The molecular weight excluding hydrogens is 253 g/mol. The lowest BCUT2D eigenvalue weighted by Crippen LogP contribution is -1.99. The monoisotopic (exact) mass is 261 g/mol. The first-order valence-electron chi connectivity index (χ1n) is 5.44. The Morgan fingerprint density at radius 1 is 1.44 bits per heavy atom. The molecule has 1 aliphatic carbocycles. The fourth-order valence-corrected chi connectivity index (χ4v) is 2.54. The third kappa shape index (κ3) is 1.95. The summed E-state index contributed by atoms with van der Waals surface area (Å²) in [6, 6.07) is 6.75. The van der Waals surface area contributed by atoms with E-state index in [1.54, 1.807) is 16.8 Å². The van der Waals surface area contributed by atoms with Crippen LogP contribution in [0.15, 0.2) is 28.3 Å². The van der Waals surface area contributed by atoms with E-state index in [9.17, 15) is 4.39 Å². The van der Waals surface area contributed by atoms with Gasteiger partial charge in [0.1, 0.15) is 17.4 Å². The molecular formula is C11H8FN5S. The average Bonchev–Trinajstić information content (AvgIpc) is 3.11. The molecule has 0 unspecified atom stereocenters. The molecule has 0 atom stereocenters. The van der Waals surface area contributed by atoms with E-state index in [4.69, 9.17) is 5.26 Å². The topological polar surface area (TPSA) is 67.4 Å². The highest BCUT2D eigenvalue weighted by Gasteiger charge is 2.28. The van der Waals surface area contributed by atoms with E-state index in [0.29, 0.717) is 16.1 Å². The second-order valence-electron chi connectivity index (χ2n) is 3.96. The number of nitriles is 1. The van der Waals surface area contributed by atoms with Crippen molar-refractivity contribution in [3.63, 3.8) is 0 Å². The lowest BCUT2D eigenvalue weighted by atomic mass is 10.2. The van der Waals surface area contributed by atoms with E-state index in [2.05, 4.69) is 15.5 Å². The Labute approximate surface area is 107 Å². The molecule has 1 saturated carbocycles. The number of nitrogens with zero attached hydrogens (tertiary/aromatic N) is 5. The maximum absolute atomic E-state index is 13.5. The van der Waals surface area contributed by atoms with Gasteiger partial charge in [-0.15, -0.1) is 5.10 Å². The average molecular weight is 261 g/mol. The van der Waals surface area contributed by atoms with Crippen molar-refractivity contribution in [3.8, 4) is 6.07 Å². The molecule has 5 nitrogen and oxygen atoms in total. The Morgan fingerprint density at radius 3 is 3.00 bits per heavy atom. The van der Waals surface area contributed by atoms with Crippen LogP contribution in [0.25, 0.3) is 0 Å². The number of tetrazole rings is 1. The van der Waals surface area contributed by atoms with Gasteiger partial charge in [0.15, 0.2) is 0 Å². The quantitative estimate of drug-likeness (QED) is 0.847. The minimum absolute atomic E-state index is 0.0350. The molecule has 1 aromatic carbocycles. The van der Waals surface area contributed by atoms with Crippen LogP contribution in [-0.2, 0) is 0 Å². The Hall–Kier alpha value is -1.94. The number of halogens is 1. The van der Waals surface area contributed by atoms with Crippen molar-refractivity contribution in [1.82, 2.24) is 20.2 Å². The summed E-state index contributed by atoms with van der Waals surface area (Å²) < 4.78 is 15.2. The van der Waals surface area contributed by atoms with Crippen molar-refractivity contribution in [2.75, 3.05) is 0 Å². The van der Waals surface area contributed by atoms with Crippen molar-refractivity contribution in [2.24, 2.45) is 0 Å². The number of rotatable bonds is 3. The molecule has 0 N–H and O–H groups in total. The molecule has 18 heavy (non-hydrogen) atoms. The summed E-state index contributed by atoms with van der Waals surface area (Å²) in [7, 11) is 0. The summed E-state index contributed by atoms with van der Waals surface area (Å²) >= 11 is 1.22. The summed E-state index contributed by atoms with van der Waals surface area (Å²) in [6.45, 7) is 0. The van der Waals surface area contributed by atoms with Crippen LogP contribution >= 0.6 is 11.8 Å². The van der Waals surface area contributed by atoms with Gasteiger partial charge in [-0.1, -0.05) is 6.07 Å². The molecule has 1 heterocycles. The van der Waals surface area contributed by atoms with Crippen molar-refractivity contribution < 1.29 is 4.39 Å². The largest absolute Gasteiger partial charge is 0.217 e. The molecule has 1 aliphatic rings. The van der Waals surface area contributed by atoms with Crippen LogP contribution in [0.5, 0.6) is 0 Å². The van der Waals surface area contributed by atoms with Crippen LogP contribution in [0, 0.1) is 17.1 Å². The van der Waals surface area contributed by atoms with Gasteiger partial charge in [-0.05, 0) is 47.2 Å². The van der Waals surface area contributed by atoms with Gasteiger partial charge in [0.25, 0.3) is 0 Å². The van der Waals surface area contributed by atoms with E-state index in [1.165, 1.54) is 17.8 Å². The lowest BCUT2D eigenvalue weighted by molar-refractivity contribution is 0.565. The van der Waals surface area contributed by atoms with Gasteiger partial charge in [0, 0.05) is 4.90 Å². The Bertz CT molecular complexity index is 629. The number of benzene rings is 1. The van der Waals surface area contributed by atoms with E-state index < -0.39 is 5.82 Å². The first kappa shape index (κ1) is 11.2. The highest BCUT2D eigenvalue weighted by molar-refractivity contribution is 7.99. The molecule has 90 valence electrons. The van der Waals surface area contributed by atoms with Gasteiger partial charge < -0.3 is 0 Å². The zero-order chi connectivity index (χ0) is 12.5. The highest BCUT2D eigenvalue weighted by atomic mass is 32.2. The minimum Gasteiger partial charge on any atom is -0.217 e. The minimum atomic E-state index is -0.520. The van der Waals surface area contributed by atoms with Crippen LogP contribution in [0.1, 0.15) is 24.4 Å². The Kier molecular flexibility index (Phi) is 2.72. The van der Waals surface area contributed by atoms with E-state index in [0.717, 1.165) is 12.8 Å². The second-order valence-corrected chi connectivity index (χ2v) is 4.97. The highest BCUT2D eigenvalue weighted by Crippen LogP contribution is 2.38. The molecule has 0 amide bonds. The predicted molar refractivity (Wildman–Crippen MR) is 61.3 cm³/mol. The molecule has 3 rings (SSSR count). The summed E-state index contributed by atoms with van der Waals surface area (Å²) in [5.41, 5.74) is 0.0350. The second kappa shape index (κ2) is 4.38. The van der Waals surface area contributed by atoms with E-state index in [-0.39, 0.29) is 5.56 Å². The normalized spacial score (nSPS) is 14.4. The van der Waals surface area contributed by atoms with Crippen molar-refractivity contribution in [2.45, 2.75) is 28.9 Å². The maximum Gasteiger partial charge on any atom is 0.214 e. The summed E-state index contributed by atoms with van der Waals surface area (Å²) in [6.07, 6.45) is 2.12. The van der Waals surface area contributed by atoms with E-state index in [1.807, 2.05) is 6.07 Å². The fraction of sp³-hybridized carbons (Fsp3) is 0.273. The molecule has 1 fully saturated rings. The summed E-state index contributed by atoms with van der Waals surface area (Å²) in [4.78, 5) is 0.536. The number of hydrogen-bond donors (Lipinski definition) is 0. The Balaban J connectivity index is 1.95. The molecule has 0 saturated heterocycles. The summed E-state index contributed by atoms with van der Waals surface area (Å²) in [5, 5.41) is 21.0. The van der Waals surface area contributed by atoms with Crippen LogP contribution in [0.4, 0.5) is 4.39 Å². The maximum atomic E-state index is 13.5. The van der Waals surface area contributed by atoms with Gasteiger partial charge in [-0.3, -0.25) is 0 Å². The molecule has 0 spiro atoms. The van der Waals surface area contributed by atoms with Gasteiger partial charge in [-0.25, -0.2) is 9.07 Å². The lowest BCUT2D eigenvalue weighted by Gasteiger charge is -2.04. The van der Waals surface area contributed by atoms with Gasteiger partial charge >= 0.3 is 0 Å². The van der Waals surface area contributed by atoms with Gasteiger partial charge in [0.05, 0.1) is 6.04 Å². The van der Waals surface area contributed by atoms with Crippen LogP contribution in [-0.4, -0.2) is 20.2 Å². The number of hydrogen-bond acceptors (Lipinski definition) is 5. The standard InChI is InChI=1S/C11H8FN5S/c12-9-2-1-3-10(8(9)6-13)18-11-14-15-16-17(11)7-4-5-7/h1-3,7H,4-5H2. The van der Waals surface area contributed by atoms with E-state index >= 15 is 0 Å². The van der Waals surface area contributed by atoms with Crippen molar-refractivity contribution >= 4 is 11.8 Å². The van der Waals surface area contributed by atoms with Crippen LogP contribution in [0.2, 0.25) is 0 Å². The summed E-state index contributed by atoms with van der Waals surface area (Å²) in [5.74, 6) is -0.520. The first-order chi connectivity index (χ1) is 8.79. The zero-order valence-corrected chi connectivity index (χ0v) is 10.1. The molecule has 0 bridgehead atoms. The molecule has 0 aliphatic heterocycles. The van der Waals surface area contributed by atoms with Crippen LogP contribution in [0.3, 0.4) is 0 Å². The van der Waals surface area contributed by atoms with Crippen molar-refractivity contribution in [3.05, 3.63) is 29.6 Å².